The fraction of sp³-hybridized carbons (Fsp3) is 0.500. The molecule has 0 aromatic rings. The molecule has 0 atom stereocenters. The molecule has 0 heterocycles. The van der Waals surface area contributed by atoms with E-state index in [0.29, 0.717) is 0 Å². The summed E-state index contributed by atoms with van der Waals surface area (Å²) in [5.74, 6) is 0. The molecule has 0 amide bonds. The Morgan fingerprint density at radius 1 is 1.38 bits per heavy atom. The Balaban J connectivity index is 4.15. The molecule has 11 heteroatoms. The molecule has 0 fully saturated rings. The van der Waals surface area contributed by atoms with Crippen LogP contribution < -0.4 is 0 Å². The number of rotatable bonds is 3. The maximum absolute atomic E-state index is 11.4. The van der Waals surface area contributed by atoms with Gasteiger partial charge in [0.1, 0.15) is 0 Å². The number of sulfonamides is 1. The van der Waals surface area contributed by atoms with Crippen molar-refractivity contribution in [2.75, 3.05) is 0 Å². The predicted octanol–water partition coefficient (Wildman–Crippen LogP) is 1.33. The Bertz CT molecular complexity index is 283. The zero-order chi connectivity index (χ0) is 10.7. The minimum atomic E-state index is -5.84. The third-order valence-electron chi connectivity index (χ3n) is 0.524. The number of hydrogen-bond acceptors (Lipinski definition) is 5. The molecule has 0 rings (SSSR count). The van der Waals surface area contributed by atoms with E-state index in [4.69, 9.17) is 0 Å². The maximum Gasteiger partial charge on any atom is 0.481 e. The Labute approximate surface area is 74.5 Å². The molecule has 13 heavy (non-hydrogen) atoms. The van der Waals surface area contributed by atoms with Crippen LogP contribution in [0.1, 0.15) is 0 Å². The highest BCUT2D eigenvalue weighted by atomic mass is 32.2. The van der Waals surface area contributed by atoms with Crippen LogP contribution in [0.25, 0.3) is 4.89 Å². The number of halogens is 4. The van der Waals surface area contributed by atoms with Gasteiger partial charge in [-0.25, -0.2) is 8.42 Å². The first kappa shape index (κ1) is 12.5. The van der Waals surface area contributed by atoms with Crippen LogP contribution in [0.4, 0.5) is 17.6 Å². The van der Waals surface area contributed by atoms with Crippen molar-refractivity contribution < 1.29 is 35.9 Å². The lowest BCUT2D eigenvalue weighted by Gasteiger charge is -2.19. The lowest BCUT2D eigenvalue weighted by molar-refractivity contribution is -0.180. The van der Waals surface area contributed by atoms with E-state index in [2.05, 4.69) is 22.1 Å². The molecular formula is C2F4NO4S2-. The second-order valence-electron chi connectivity index (χ2n) is 1.39. The lowest BCUT2D eigenvalue weighted by atomic mass is 11.6. The standard InChI is InChI=1S/C2F4NO4S2/c3-1(12)10-11-7-13(8,9)2(4,5)6/q-1. The van der Waals surface area contributed by atoms with Gasteiger partial charge < -0.3 is 9.77 Å². The number of hydrogen-bond donors (Lipinski definition) is 0. The maximum atomic E-state index is 11.4. The van der Waals surface area contributed by atoms with Gasteiger partial charge in [0.25, 0.3) is 0 Å². The fourth-order valence-electron chi connectivity index (χ4n) is 0.127. The molecule has 0 saturated carbocycles. The van der Waals surface area contributed by atoms with Crippen molar-refractivity contribution in [3.8, 4) is 0 Å². The highest BCUT2D eigenvalue weighted by Gasteiger charge is 2.39. The van der Waals surface area contributed by atoms with Crippen LogP contribution in [0, 0.1) is 0 Å². The van der Waals surface area contributed by atoms with E-state index in [1.54, 1.807) is 4.89 Å². The van der Waals surface area contributed by atoms with Crippen molar-refractivity contribution in [3.63, 3.8) is 0 Å². The molecule has 0 aromatic carbocycles. The minimum absolute atomic E-state index is 1.56. The highest BCUT2D eigenvalue weighted by Crippen LogP contribution is 2.27. The van der Waals surface area contributed by atoms with Crippen LogP contribution in [-0.4, -0.2) is 19.2 Å². The van der Waals surface area contributed by atoms with E-state index in [1.165, 1.54) is 0 Å². The Morgan fingerprint density at radius 3 is 2.15 bits per heavy atom. The molecule has 0 aliphatic carbocycles. The normalized spacial score (nSPS) is 12.6. The first-order valence-corrected chi connectivity index (χ1v) is 4.08. The first-order valence-electron chi connectivity index (χ1n) is 2.23. The summed E-state index contributed by atoms with van der Waals surface area (Å²) in [4.78, 5) is 7.64. The van der Waals surface area contributed by atoms with Crippen LogP contribution in [0.15, 0.2) is 0 Å². The molecule has 0 saturated heterocycles. The summed E-state index contributed by atoms with van der Waals surface area (Å²) in [7, 11) is -5.84. The summed E-state index contributed by atoms with van der Waals surface area (Å²) in [6, 6.07) is 0. The topological polar surface area (TPSA) is 66.7 Å². The van der Waals surface area contributed by atoms with Gasteiger partial charge in [0, 0.05) is 0 Å². The number of thiocarbonyl (C=S) groups is 1. The molecule has 0 radical (unpaired) electrons. The van der Waals surface area contributed by atoms with Crippen LogP contribution in [0.2, 0.25) is 0 Å². The van der Waals surface area contributed by atoms with Gasteiger partial charge >= 0.3 is 10.8 Å². The van der Waals surface area contributed by atoms with Crippen LogP contribution in [0.3, 0.4) is 0 Å². The van der Waals surface area contributed by atoms with Gasteiger partial charge in [-0.05, 0) is 12.2 Å². The SMILES string of the molecule is O=S(=O)([N-]OOC(F)=S)C(F)(F)F. The van der Waals surface area contributed by atoms with Crippen LogP contribution in [0.5, 0.6) is 0 Å². The fourth-order valence-corrected chi connectivity index (χ4v) is 0.352. The monoisotopic (exact) mass is 242 g/mol. The van der Waals surface area contributed by atoms with Gasteiger partial charge in [-0.15, -0.1) is 4.39 Å². The van der Waals surface area contributed by atoms with E-state index in [-0.39, 0.29) is 0 Å². The number of alkyl halides is 3. The molecule has 0 aromatic heterocycles. The van der Waals surface area contributed by atoms with Crippen LogP contribution >= 0.6 is 12.2 Å². The van der Waals surface area contributed by atoms with Crippen LogP contribution in [-0.2, 0) is 19.9 Å². The molecule has 0 aliphatic heterocycles. The lowest BCUT2D eigenvalue weighted by Crippen LogP contribution is -2.22. The Kier molecular flexibility index (Phi) is 3.96. The summed E-state index contributed by atoms with van der Waals surface area (Å²) in [5, 5.41) is -1.80. The summed E-state index contributed by atoms with van der Waals surface area (Å²) in [6.07, 6.45) is 0. The molecular weight excluding hydrogens is 242 g/mol. The zero-order valence-electron chi connectivity index (χ0n) is 5.41. The van der Waals surface area contributed by atoms with Crippen molar-refractivity contribution >= 4 is 27.5 Å². The predicted molar refractivity (Wildman–Crippen MR) is 34.2 cm³/mol. The summed E-state index contributed by atoms with van der Waals surface area (Å²) in [5.41, 5.74) is -5.63. The van der Waals surface area contributed by atoms with Gasteiger partial charge in [0.2, 0.25) is 0 Å². The van der Waals surface area contributed by atoms with Crippen molar-refractivity contribution in [1.29, 1.82) is 0 Å². The summed E-state index contributed by atoms with van der Waals surface area (Å²) >= 11 is 3.53. The number of nitrogens with zero attached hydrogens (tertiary/aromatic N) is 1. The van der Waals surface area contributed by atoms with Crippen molar-refractivity contribution in [1.82, 2.24) is 0 Å². The average Bonchev–Trinajstić information content (AvgIpc) is 1.82. The second-order valence-corrected chi connectivity index (χ2v) is 3.27. The molecule has 0 spiro atoms. The van der Waals surface area contributed by atoms with E-state index in [1.807, 2.05) is 0 Å². The molecule has 0 bridgehead atoms. The molecule has 0 aliphatic rings. The summed E-state index contributed by atoms with van der Waals surface area (Å²) in [6.45, 7) is 0. The van der Waals surface area contributed by atoms with Crippen molar-refractivity contribution in [2.24, 2.45) is 0 Å². The third kappa shape index (κ3) is 4.31. The quantitative estimate of drug-likeness (QED) is 0.245. The minimum Gasteiger partial charge on any atom is -0.368 e. The highest BCUT2D eigenvalue weighted by molar-refractivity contribution is 7.94. The largest absolute Gasteiger partial charge is 0.481 e. The second kappa shape index (κ2) is 4.13. The van der Waals surface area contributed by atoms with Gasteiger partial charge in [0.15, 0.2) is 10.0 Å². The van der Waals surface area contributed by atoms with E-state index in [0.717, 1.165) is 0 Å². The molecule has 0 unspecified atom stereocenters. The molecule has 0 N–H and O–H groups in total. The molecule has 5 nitrogen and oxygen atoms in total. The molecule has 78 valence electrons. The zero-order valence-corrected chi connectivity index (χ0v) is 7.04. The summed E-state index contributed by atoms with van der Waals surface area (Å²) < 4.78 is 65.6. The Hall–Kier alpha value is -0.520. The first-order chi connectivity index (χ1) is 5.67. The average molecular weight is 242 g/mol. The van der Waals surface area contributed by atoms with Crippen molar-refractivity contribution in [3.05, 3.63) is 4.89 Å². The van der Waals surface area contributed by atoms with E-state index in [9.17, 15) is 26.0 Å². The third-order valence-corrected chi connectivity index (χ3v) is 1.43. The van der Waals surface area contributed by atoms with Crippen molar-refractivity contribution in [2.45, 2.75) is 5.51 Å². The van der Waals surface area contributed by atoms with Gasteiger partial charge in [-0.2, -0.15) is 13.2 Å². The van der Waals surface area contributed by atoms with Gasteiger partial charge in [0.05, 0.1) is 0 Å². The van der Waals surface area contributed by atoms with E-state index < -0.39 is 20.8 Å². The van der Waals surface area contributed by atoms with Gasteiger partial charge in [-0.1, -0.05) is 0 Å². The smallest absolute Gasteiger partial charge is 0.368 e. The van der Waals surface area contributed by atoms with Gasteiger partial charge in [-0.3, -0.25) is 4.99 Å². The Morgan fingerprint density at radius 2 is 1.85 bits per heavy atom. The van der Waals surface area contributed by atoms with E-state index >= 15 is 0 Å².